The molecule has 20 heavy (non-hydrogen) atoms. The highest BCUT2D eigenvalue weighted by atomic mass is 16.2. The number of hydrogen-bond acceptors (Lipinski definition) is 6. The van der Waals surface area contributed by atoms with E-state index in [1.165, 1.54) is 4.52 Å². The van der Waals surface area contributed by atoms with Gasteiger partial charge >= 0.3 is 5.69 Å². The third-order valence-electron chi connectivity index (χ3n) is 3.86. The van der Waals surface area contributed by atoms with Crippen LogP contribution in [0.3, 0.4) is 0 Å². The number of anilines is 1. The summed E-state index contributed by atoms with van der Waals surface area (Å²) in [7, 11) is 0. The maximum atomic E-state index is 11.5. The van der Waals surface area contributed by atoms with Crippen molar-refractivity contribution >= 4 is 11.5 Å². The van der Waals surface area contributed by atoms with E-state index in [1.807, 2.05) is 6.07 Å². The maximum Gasteiger partial charge on any atom is 0.364 e. The molecule has 0 saturated carbocycles. The highest BCUT2D eigenvalue weighted by Gasteiger charge is 2.21. The SMILES string of the molecule is CC(CN)N1CCN(c2ccc3n[nH]c(=O)n3n2)CC1. The van der Waals surface area contributed by atoms with Crippen molar-refractivity contribution in [3.63, 3.8) is 0 Å². The minimum Gasteiger partial charge on any atom is -0.353 e. The molecule has 0 bridgehead atoms. The van der Waals surface area contributed by atoms with Gasteiger partial charge in [0.15, 0.2) is 5.65 Å². The summed E-state index contributed by atoms with van der Waals surface area (Å²) in [6.07, 6.45) is 0. The van der Waals surface area contributed by atoms with Crippen LogP contribution in [0.5, 0.6) is 0 Å². The molecule has 0 radical (unpaired) electrons. The van der Waals surface area contributed by atoms with E-state index in [9.17, 15) is 4.79 Å². The molecule has 3 rings (SSSR count). The van der Waals surface area contributed by atoms with E-state index in [0.717, 1.165) is 32.0 Å². The fraction of sp³-hybridized carbons (Fsp3) is 0.583. The first-order chi connectivity index (χ1) is 9.69. The molecule has 1 aliphatic heterocycles. The van der Waals surface area contributed by atoms with Crippen LogP contribution in [0, 0.1) is 0 Å². The Morgan fingerprint density at radius 1 is 1.35 bits per heavy atom. The number of aromatic nitrogens is 4. The van der Waals surface area contributed by atoms with E-state index in [-0.39, 0.29) is 5.69 Å². The first-order valence-electron chi connectivity index (χ1n) is 6.82. The Labute approximate surface area is 116 Å². The van der Waals surface area contributed by atoms with Crippen molar-refractivity contribution in [2.75, 3.05) is 37.6 Å². The van der Waals surface area contributed by atoms with Gasteiger partial charge < -0.3 is 10.6 Å². The molecule has 1 saturated heterocycles. The lowest BCUT2D eigenvalue weighted by molar-refractivity contribution is 0.201. The molecule has 1 fully saturated rings. The van der Waals surface area contributed by atoms with Crippen molar-refractivity contribution in [3.05, 3.63) is 22.6 Å². The Bertz CT molecular complexity index is 641. The Hall–Kier alpha value is -1.93. The van der Waals surface area contributed by atoms with Gasteiger partial charge in [0, 0.05) is 38.8 Å². The smallest absolute Gasteiger partial charge is 0.353 e. The summed E-state index contributed by atoms with van der Waals surface area (Å²) in [6.45, 7) is 6.50. The van der Waals surface area contributed by atoms with Gasteiger partial charge in [0.1, 0.15) is 5.82 Å². The first kappa shape index (κ1) is 13.1. The molecule has 3 N–H and O–H groups in total. The minimum absolute atomic E-state index is 0.308. The summed E-state index contributed by atoms with van der Waals surface area (Å²) in [5, 5.41) is 10.6. The zero-order valence-corrected chi connectivity index (χ0v) is 11.5. The van der Waals surface area contributed by atoms with Gasteiger partial charge in [0.25, 0.3) is 0 Å². The number of hydrogen-bond donors (Lipinski definition) is 2. The van der Waals surface area contributed by atoms with E-state index in [4.69, 9.17) is 5.73 Å². The largest absolute Gasteiger partial charge is 0.364 e. The van der Waals surface area contributed by atoms with Crippen molar-refractivity contribution in [3.8, 4) is 0 Å². The minimum atomic E-state index is -0.308. The van der Waals surface area contributed by atoms with Gasteiger partial charge in [-0.2, -0.15) is 9.61 Å². The van der Waals surface area contributed by atoms with Crippen LogP contribution in [0.2, 0.25) is 0 Å². The van der Waals surface area contributed by atoms with Crippen LogP contribution in [0.25, 0.3) is 5.65 Å². The van der Waals surface area contributed by atoms with E-state index < -0.39 is 0 Å². The number of nitrogens with zero attached hydrogens (tertiary/aromatic N) is 5. The van der Waals surface area contributed by atoms with Crippen molar-refractivity contribution < 1.29 is 0 Å². The summed E-state index contributed by atoms with van der Waals surface area (Å²) in [5.41, 5.74) is 5.93. The quantitative estimate of drug-likeness (QED) is 0.738. The Morgan fingerprint density at radius 2 is 2.10 bits per heavy atom. The van der Waals surface area contributed by atoms with Crippen LogP contribution in [0.4, 0.5) is 5.82 Å². The molecule has 1 aliphatic rings. The lowest BCUT2D eigenvalue weighted by Gasteiger charge is -2.38. The molecule has 0 aromatic carbocycles. The number of nitrogens with two attached hydrogens (primary N) is 1. The predicted octanol–water partition coefficient (Wildman–Crippen LogP) is -1.11. The molecule has 1 atom stereocenters. The molecule has 0 amide bonds. The Balaban J connectivity index is 1.76. The molecule has 1 unspecified atom stereocenters. The van der Waals surface area contributed by atoms with Crippen molar-refractivity contribution in [1.82, 2.24) is 24.7 Å². The van der Waals surface area contributed by atoms with Crippen LogP contribution < -0.4 is 16.3 Å². The number of aromatic amines is 1. The zero-order chi connectivity index (χ0) is 14.1. The number of piperazine rings is 1. The second-order valence-electron chi connectivity index (χ2n) is 5.10. The van der Waals surface area contributed by atoms with Gasteiger partial charge in [0.2, 0.25) is 0 Å². The fourth-order valence-electron chi connectivity index (χ4n) is 2.50. The average molecular weight is 277 g/mol. The highest BCUT2D eigenvalue weighted by Crippen LogP contribution is 2.14. The summed E-state index contributed by atoms with van der Waals surface area (Å²) in [5.74, 6) is 0.807. The van der Waals surface area contributed by atoms with Crippen molar-refractivity contribution in [1.29, 1.82) is 0 Å². The number of fused-ring (bicyclic) bond motifs is 1. The monoisotopic (exact) mass is 277 g/mol. The second kappa shape index (κ2) is 5.22. The van der Waals surface area contributed by atoms with Crippen molar-refractivity contribution in [2.24, 2.45) is 5.73 Å². The third-order valence-corrected chi connectivity index (χ3v) is 3.86. The number of nitrogens with one attached hydrogen (secondary N) is 1. The standard InChI is InChI=1S/C12H19N7O/c1-9(8-13)17-4-6-18(7-5-17)11-3-2-10-14-15-12(20)19(10)16-11/h2-3,9H,4-8,13H2,1H3,(H,15,20). The molecular weight excluding hydrogens is 258 g/mol. The van der Waals surface area contributed by atoms with Crippen LogP contribution in [-0.2, 0) is 0 Å². The molecule has 0 aliphatic carbocycles. The van der Waals surface area contributed by atoms with E-state index >= 15 is 0 Å². The van der Waals surface area contributed by atoms with Crippen LogP contribution in [-0.4, -0.2) is 63.5 Å². The summed E-state index contributed by atoms with van der Waals surface area (Å²) in [4.78, 5) is 16.1. The average Bonchev–Trinajstić information content (AvgIpc) is 2.87. The van der Waals surface area contributed by atoms with Crippen LogP contribution in [0.1, 0.15) is 6.92 Å². The van der Waals surface area contributed by atoms with Gasteiger partial charge in [-0.3, -0.25) is 4.90 Å². The predicted molar refractivity (Wildman–Crippen MR) is 75.9 cm³/mol. The molecule has 3 heterocycles. The van der Waals surface area contributed by atoms with Gasteiger partial charge in [-0.25, -0.2) is 9.89 Å². The summed E-state index contributed by atoms with van der Waals surface area (Å²) >= 11 is 0. The summed E-state index contributed by atoms with van der Waals surface area (Å²) in [6, 6.07) is 4.11. The van der Waals surface area contributed by atoms with E-state index in [2.05, 4.69) is 32.0 Å². The zero-order valence-electron chi connectivity index (χ0n) is 11.5. The lowest BCUT2D eigenvalue weighted by atomic mass is 10.2. The number of rotatable bonds is 3. The molecule has 8 heteroatoms. The number of H-pyrrole nitrogens is 1. The van der Waals surface area contributed by atoms with Crippen LogP contribution in [0.15, 0.2) is 16.9 Å². The van der Waals surface area contributed by atoms with Gasteiger partial charge in [-0.15, -0.1) is 5.10 Å². The Kier molecular flexibility index (Phi) is 3.41. The lowest BCUT2D eigenvalue weighted by Crippen LogP contribution is -2.51. The fourth-order valence-corrected chi connectivity index (χ4v) is 2.50. The van der Waals surface area contributed by atoms with E-state index in [0.29, 0.717) is 18.2 Å². The molecule has 0 spiro atoms. The van der Waals surface area contributed by atoms with E-state index in [1.54, 1.807) is 6.07 Å². The maximum absolute atomic E-state index is 11.5. The topological polar surface area (TPSA) is 95.5 Å². The van der Waals surface area contributed by atoms with Gasteiger partial charge in [-0.1, -0.05) is 0 Å². The molecule has 108 valence electrons. The second-order valence-corrected chi connectivity index (χ2v) is 5.10. The van der Waals surface area contributed by atoms with Gasteiger partial charge in [0.05, 0.1) is 0 Å². The van der Waals surface area contributed by atoms with Crippen LogP contribution >= 0.6 is 0 Å². The Morgan fingerprint density at radius 3 is 2.80 bits per heavy atom. The summed E-state index contributed by atoms with van der Waals surface area (Å²) < 4.78 is 1.30. The first-order valence-corrected chi connectivity index (χ1v) is 6.82. The van der Waals surface area contributed by atoms with Gasteiger partial charge in [-0.05, 0) is 19.1 Å². The highest BCUT2D eigenvalue weighted by molar-refractivity contribution is 5.45. The third kappa shape index (κ3) is 2.27. The molecule has 2 aromatic heterocycles. The van der Waals surface area contributed by atoms with Crippen molar-refractivity contribution in [2.45, 2.75) is 13.0 Å². The molecule has 8 nitrogen and oxygen atoms in total. The normalized spacial score (nSPS) is 18.6. The molecule has 2 aromatic rings. The molecular formula is C12H19N7O.